The van der Waals surface area contributed by atoms with Crippen molar-refractivity contribution in [2.75, 3.05) is 32.7 Å². The Bertz CT molecular complexity index is 109. The minimum Gasteiger partial charge on any atom is -0.315 e. The third-order valence-corrected chi connectivity index (χ3v) is 2.61. The van der Waals surface area contributed by atoms with Gasteiger partial charge in [-0.3, -0.25) is 0 Å². The van der Waals surface area contributed by atoms with Crippen LogP contribution < -0.4 is 5.32 Å². The number of nitrogens with one attached hydrogen (secondary N) is 1. The second-order valence-electron chi connectivity index (χ2n) is 3.81. The second-order valence-corrected chi connectivity index (χ2v) is 3.81. The van der Waals surface area contributed by atoms with E-state index in [-0.39, 0.29) is 0 Å². The number of nitrogens with zero attached hydrogens (tertiary/aromatic N) is 1. The van der Waals surface area contributed by atoms with Crippen molar-refractivity contribution in [1.82, 2.24) is 10.2 Å². The minimum atomic E-state index is 1.17. The predicted molar refractivity (Wildman–Crippen MR) is 57.8 cm³/mol. The van der Waals surface area contributed by atoms with E-state index in [0.717, 1.165) is 0 Å². The fourth-order valence-corrected chi connectivity index (χ4v) is 1.69. The molecule has 0 amide bonds. The van der Waals surface area contributed by atoms with Gasteiger partial charge >= 0.3 is 0 Å². The van der Waals surface area contributed by atoms with Gasteiger partial charge in [0.1, 0.15) is 0 Å². The molecule has 1 heterocycles. The first-order valence-electron chi connectivity index (χ1n) is 5.68. The quantitative estimate of drug-likeness (QED) is 0.630. The van der Waals surface area contributed by atoms with Gasteiger partial charge in [0, 0.05) is 13.1 Å². The number of hydrogen-bond acceptors (Lipinski definition) is 2. The highest BCUT2D eigenvalue weighted by Gasteiger charge is 2.08. The molecule has 0 saturated carbocycles. The lowest BCUT2D eigenvalue weighted by Crippen LogP contribution is -2.36. The molecule has 1 saturated heterocycles. The largest absolute Gasteiger partial charge is 0.315 e. The number of hydrogen-bond donors (Lipinski definition) is 1. The summed E-state index contributed by atoms with van der Waals surface area (Å²) in [6, 6.07) is 0. The van der Waals surface area contributed by atoms with Gasteiger partial charge in [0.05, 0.1) is 0 Å². The summed E-state index contributed by atoms with van der Waals surface area (Å²) in [4.78, 5) is 2.55. The Balaban J connectivity index is 1.86. The Morgan fingerprint density at radius 1 is 1.23 bits per heavy atom. The SMILES string of the molecule is CCCCNCCN1CC[CH]CC1. The average Bonchev–Trinajstić information content (AvgIpc) is 2.19. The maximum atomic E-state index is 3.48. The highest BCUT2D eigenvalue weighted by Crippen LogP contribution is 2.05. The van der Waals surface area contributed by atoms with Crippen LogP contribution in [-0.4, -0.2) is 37.6 Å². The van der Waals surface area contributed by atoms with Gasteiger partial charge in [-0.05, 0) is 45.3 Å². The third kappa shape index (κ3) is 5.27. The molecule has 0 aromatic heterocycles. The molecule has 0 aromatic carbocycles. The van der Waals surface area contributed by atoms with Crippen LogP contribution in [-0.2, 0) is 0 Å². The molecule has 1 rings (SSSR count). The molecule has 0 aliphatic carbocycles. The molecule has 0 bridgehead atoms. The lowest BCUT2D eigenvalue weighted by atomic mass is 10.1. The molecule has 1 fully saturated rings. The van der Waals surface area contributed by atoms with Gasteiger partial charge in [-0.15, -0.1) is 0 Å². The van der Waals surface area contributed by atoms with E-state index < -0.39 is 0 Å². The van der Waals surface area contributed by atoms with Crippen LogP contribution in [0.3, 0.4) is 0 Å². The van der Waals surface area contributed by atoms with Crippen molar-refractivity contribution in [2.45, 2.75) is 32.6 Å². The monoisotopic (exact) mass is 183 g/mol. The van der Waals surface area contributed by atoms with Gasteiger partial charge in [-0.25, -0.2) is 0 Å². The van der Waals surface area contributed by atoms with Crippen molar-refractivity contribution < 1.29 is 0 Å². The van der Waals surface area contributed by atoms with Crippen molar-refractivity contribution in [3.63, 3.8) is 0 Å². The molecule has 0 aromatic rings. The lowest BCUT2D eigenvalue weighted by Gasteiger charge is -2.26. The molecule has 1 aliphatic rings. The van der Waals surface area contributed by atoms with E-state index in [4.69, 9.17) is 0 Å². The van der Waals surface area contributed by atoms with Crippen LogP contribution in [0, 0.1) is 6.42 Å². The molecule has 1 radical (unpaired) electrons. The summed E-state index contributed by atoms with van der Waals surface area (Å²) in [5.41, 5.74) is 0. The van der Waals surface area contributed by atoms with Crippen molar-refractivity contribution in [3.05, 3.63) is 6.42 Å². The van der Waals surface area contributed by atoms with E-state index in [1.54, 1.807) is 0 Å². The molecule has 2 heteroatoms. The standard InChI is InChI=1S/C11H23N2/c1-2-3-7-12-8-11-13-9-5-4-6-10-13/h4,12H,2-3,5-11H2,1H3. The Morgan fingerprint density at radius 3 is 2.69 bits per heavy atom. The van der Waals surface area contributed by atoms with E-state index in [1.807, 2.05) is 0 Å². The van der Waals surface area contributed by atoms with Crippen molar-refractivity contribution in [1.29, 1.82) is 0 Å². The van der Waals surface area contributed by atoms with Gasteiger partial charge in [-0.1, -0.05) is 13.3 Å². The van der Waals surface area contributed by atoms with Crippen LogP contribution in [0.25, 0.3) is 0 Å². The first kappa shape index (κ1) is 11.0. The number of unbranched alkanes of at least 4 members (excludes halogenated alkanes) is 1. The molecule has 1 aliphatic heterocycles. The summed E-state index contributed by atoms with van der Waals surface area (Å²) in [6.45, 7) is 8.38. The van der Waals surface area contributed by atoms with Gasteiger partial charge in [0.15, 0.2) is 0 Å². The van der Waals surface area contributed by atoms with Crippen molar-refractivity contribution >= 4 is 0 Å². The minimum absolute atomic E-state index is 1.17. The first-order chi connectivity index (χ1) is 6.43. The summed E-state index contributed by atoms with van der Waals surface area (Å²) >= 11 is 0. The van der Waals surface area contributed by atoms with Gasteiger partial charge in [0.2, 0.25) is 0 Å². The Hall–Kier alpha value is -0.0800. The molecule has 0 spiro atoms. The van der Waals surface area contributed by atoms with E-state index >= 15 is 0 Å². The van der Waals surface area contributed by atoms with Gasteiger partial charge in [0.25, 0.3) is 0 Å². The maximum absolute atomic E-state index is 3.48. The highest BCUT2D eigenvalue weighted by molar-refractivity contribution is 4.76. The molecule has 2 nitrogen and oxygen atoms in total. The van der Waals surface area contributed by atoms with Gasteiger partial charge in [-0.2, -0.15) is 0 Å². The van der Waals surface area contributed by atoms with Crippen molar-refractivity contribution in [2.24, 2.45) is 0 Å². The van der Waals surface area contributed by atoms with E-state index in [9.17, 15) is 0 Å². The zero-order valence-corrected chi connectivity index (χ0v) is 8.89. The Morgan fingerprint density at radius 2 is 2.00 bits per heavy atom. The number of piperidine rings is 1. The highest BCUT2D eigenvalue weighted by atomic mass is 15.1. The smallest absolute Gasteiger partial charge is 0.0107 e. The topological polar surface area (TPSA) is 15.3 Å². The fourth-order valence-electron chi connectivity index (χ4n) is 1.69. The van der Waals surface area contributed by atoms with Crippen LogP contribution in [0.1, 0.15) is 32.6 Å². The van der Waals surface area contributed by atoms with Crippen LogP contribution in [0.5, 0.6) is 0 Å². The predicted octanol–water partition coefficient (Wildman–Crippen LogP) is 1.68. The third-order valence-electron chi connectivity index (χ3n) is 2.61. The normalized spacial score (nSPS) is 19.2. The Labute approximate surface area is 82.7 Å². The second kappa shape index (κ2) is 7.34. The van der Waals surface area contributed by atoms with Crippen LogP contribution in [0.2, 0.25) is 0 Å². The summed E-state index contributed by atoms with van der Waals surface area (Å²) in [6.07, 6.45) is 7.59. The summed E-state index contributed by atoms with van der Waals surface area (Å²) in [7, 11) is 0. The van der Waals surface area contributed by atoms with E-state index in [2.05, 4.69) is 23.6 Å². The van der Waals surface area contributed by atoms with Crippen LogP contribution in [0.15, 0.2) is 0 Å². The maximum Gasteiger partial charge on any atom is 0.0107 e. The van der Waals surface area contributed by atoms with Gasteiger partial charge < -0.3 is 10.2 Å². The summed E-state index contributed by atoms with van der Waals surface area (Å²) < 4.78 is 0. The average molecular weight is 183 g/mol. The van der Waals surface area contributed by atoms with Crippen LogP contribution >= 0.6 is 0 Å². The van der Waals surface area contributed by atoms with Crippen LogP contribution in [0.4, 0.5) is 0 Å². The summed E-state index contributed by atoms with van der Waals surface area (Å²) in [5, 5.41) is 3.48. The zero-order valence-electron chi connectivity index (χ0n) is 8.89. The first-order valence-corrected chi connectivity index (χ1v) is 5.68. The fraction of sp³-hybridized carbons (Fsp3) is 0.909. The molecule has 77 valence electrons. The Kier molecular flexibility index (Phi) is 6.21. The van der Waals surface area contributed by atoms with Crippen molar-refractivity contribution in [3.8, 4) is 0 Å². The number of likely N-dealkylation sites (tertiary alicyclic amines) is 1. The molecule has 1 N–H and O–H groups in total. The molecule has 0 atom stereocenters. The summed E-state index contributed by atoms with van der Waals surface area (Å²) in [5.74, 6) is 0. The molecular formula is C11H23N2. The lowest BCUT2D eigenvalue weighted by molar-refractivity contribution is 0.254. The molecule has 0 unspecified atom stereocenters. The van der Waals surface area contributed by atoms with E-state index in [1.165, 1.54) is 58.4 Å². The molecule has 13 heavy (non-hydrogen) atoms. The number of rotatable bonds is 6. The van der Waals surface area contributed by atoms with E-state index in [0.29, 0.717) is 0 Å². The zero-order chi connectivity index (χ0) is 9.36. The molecular weight excluding hydrogens is 160 g/mol.